The highest BCUT2D eigenvalue weighted by molar-refractivity contribution is 5.44. The van der Waals surface area contributed by atoms with Crippen LogP contribution >= 0.6 is 0 Å². The number of hydrogen-bond donors (Lipinski definition) is 2. The zero-order valence-corrected chi connectivity index (χ0v) is 9.73. The highest BCUT2D eigenvalue weighted by Crippen LogP contribution is 2.27. The van der Waals surface area contributed by atoms with Gasteiger partial charge in [0.1, 0.15) is 5.75 Å². The fraction of sp³-hybridized carbons (Fsp3) is 0.455. The molecule has 0 amide bonds. The molecule has 98 valence electrons. The maximum atomic E-state index is 13.2. The van der Waals surface area contributed by atoms with Crippen molar-refractivity contribution in [2.24, 2.45) is 0 Å². The van der Waals surface area contributed by atoms with E-state index in [2.05, 4.69) is 5.32 Å². The summed E-state index contributed by atoms with van der Waals surface area (Å²) in [6.07, 6.45) is 0. The summed E-state index contributed by atoms with van der Waals surface area (Å²) in [6, 6.07) is 1.91. The number of halogens is 1. The van der Waals surface area contributed by atoms with Crippen molar-refractivity contribution in [1.82, 2.24) is 10.2 Å². The molecular weight excluding hydrogens is 241 g/mol. The molecule has 0 radical (unpaired) electrons. The SMILES string of the molecule is O=[N+]([O-])c1cc(CN2CCNCC2)c(O)cc1F. The zero-order valence-electron chi connectivity index (χ0n) is 9.73. The maximum absolute atomic E-state index is 13.2. The molecule has 0 spiro atoms. The van der Waals surface area contributed by atoms with Gasteiger partial charge in [0.25, 0.3) is 0 Å². The summed E-state index contributed by atoms with van der Waals surface area (Å²) in [5.74, 6) is -1.25. The van der Waals surface area contributed by atoms with Crippen LogP contribution in [0, 0.1) is 15.9 Å². The van der Waals surface area contributed by atoms with Crippen molar-refractivity contribution < 1.29 is 14.4 Å². The number of nitro groups is 1. The van der Waals surface area contributed by atoms with Crippen LogP contribution in [0.25, 0.3) is 0 Å². The van der Waals surface area contributed by atoms with Gasteiger partial charge in [-0.05, 0) is 0 Å². The molecule has 2 N–H and O–H groups in total. The van der Waals surface area contributed by atoms with Gasteiger partial charge in [0.2, 0.25) is 5.82 Å². The zero-order chi connectivity index (χ0) is 13.1. The van der Waals surface area contributed by atoms with Crippen LogP contribution in [0.4, 0.5) is 10.1 Å². The molecule has 1 aliphatic rings. The second-order valence-electron chi connectivity index (χ2n) is 4.22. The first kappa shape index (κ1) is 12.7. The van der Waals surface area contributed by atoms with Gasteiger partial charge in [-0.25, -0.2) is 0 Å². The molecule has 0 bridgehead atoms. The Balaban J connectivity index is 2.21. The fourth-order valence-electron chi connectivity index (χ4n) is 1.97. The van der Waals surface area contributed by atoms with Crippen molar-refractivity contribution in [2.75, 3.05) is 26.2 Å². The van der Waals surface area contributed by atoms with E-state index in [0.29, 0.717) is 12.1 Å². The van der Waals surface area contributed by atoms with Crippen LogP contribution in [0.1, 0.15) is 5.56 Å². The summed E-state index contributed by atoms with van der Waals surface area (Å²) in [5.41, 5.74) is -0.220. The molecule has 2 rings (SSSR count). The summed E-state index contributed by atoms with van der Waals surface area (Å²) in [4.78, 5) is 11.9. The summed E-state index contributed by atoms with van der Waals surface area (Å²) < 4.78 is 13.2. The van der Waals surface area contributed by atoms with Gasteiger partial charge < -0.3 is 10.4 Å². The lowest BCUT2D eigenvalue weighted by atomic mass is 10.1. The van der Waals surface area contributed by atoms with E-state index in [4.69, 9.17) is 0 Å². The third-order valence-electron chi connectivity index (χ3n) is 2.95. The van der Waals surface area contributed by atoms with E-state index in [1.165, 1.54) is 0 Å². The van der Waals surface area contributed by atoms with Gasteiger partial charge in [-0.15, -0.1) is 0 Å². The Morgan fingerprint density at radius 3 is 2.72 bits per heavy atom. The standard InChI is InChI=1S/C11H14FN3O3/c12-9-6-11(16)8(5-10(9)15(17)18)7-14-3-1-13-2-4-14/h5-6,13,16H,1-4,7H2. The molecule has 7 heteroatoms. The van der Waals surface area contributed by atoms with E-state index in [0.717, 1.165) is 38.3 Å². The molecule has 1 fully saturated rings. The summed E-state index contributed by atoms with van der Waals surface area (Å²) in [6.45, 7) is 3.65. The minimum Gasteiger partial charge on any atom is -0.508 e. The van der Waals surface area contributed by atoms with Crippen LogP contribution in [-0.4, -0.2) is 41.1 Å². The first-order valence-corrected chi connectivity index (χ1v) is 5.67. The largest absolute Gasteiger partial charge is 0.508 e. The Morgan fingerprint density at radius 2 is 2.11 bits per heavy atom. The average molecular weight is 255 g/mol. The molecule has 0 aromatic heterocycles. The number of benzene rings is 1. The lowest BCUT2D eigenvalue weighted by Crippen LogP contribution is -2.42. The Hall–Kier alpha value is -1.73. The number of rotatable bonds is 3. The summed E-state index contributed by atoms with van der Waals surface area (Å²) in [7, 11) is 0. The molecular formula is C11H14FN3O3. The van der Waals surface area contributed by atoms with E-state index in [1.54, 1.807) is 0 Å². The Morgan fingerprint density at radius 1 is 1.44 bits per heavy atom. The molecule has 18 heavy (non-hydrogen) atoms. The van der Waals surface area contributed by atoms with Crippen molar-refractivity contribution in [1.29, 1.82) is 0 Å². The molecule has 1 heterocycles. The fourth-order valence-corrected chi connectivity index (χ4v) is 1.97. The Labute approximate surface area is 103 Å². The van der Waals surface area contributed by atoms with E-state index in [1.807, 2.05) is 4.90 Å². The van der Waals surface area contributed by atoms with Crippen LogP contribution in [-0.2, 0) is 6.54 Å². The molecule has 1 aromatic carbocycles. The first-order chi connectivity index (χ1) is 8.58. The topological polar surface area (TPSA) is 78.6 Å². The van der Waals surface area contributed by atoms with E-state index >= 15 is 0 Å². The highest BCUT2D eigenvalue weighted by atomic mass is 19.1. The minimum absolute atomic E-state index is 0.239. The van der Waals surface area contributed by atoms with Crippen molar-refractivity contribution >= 4 is 5.69 Å². The summed E-state index contributed by atoms with van der Waals surface area (Å²) in [5, 5.41) is 23.4. The lowest BCUT2D eigenvalue weighted by molar-refractivity contribution is -0.387. The molecule has 1 aliphatic heterocycles. The number of phenols is 1. The number of nitrogens with zero attached hydrogens (tertiary/aromatic N) is 2. The van der Waals surface area contributed by atoms with Crippen LogP contribution < -0.4 is 5.32 Å². The lowest BCUT2D eigenvalue weighted by Gasteiger charge is -2.27. The molecule has 1 aromatic rings. The number of hydrogen-bond acceptors (Lipinski definition) is 5. The maximum Gasteiger partial charge on any atom is 0.305 e. The average Bonchev–Trinajstić information content (AvgIpc) is 2.33. The van der Waals surface area contributed by atoms with E-state index in [-0.39, 0.29) is 5.75 Å². The number of aromatic hydroxyl groups is 1. The smallest absolute Gasteiger partial charge is 0.305 e. The minimum atomic E-state index is -1.01. The van der Waals surface area contributed by atoms with Gasteiger partial charge in [-0.3, -0.25) is 15.0 Å². The second-order valence-corrected chi connectivity index (χ2v) is 4.22. The van der Waals surface area contributed by atoms with E-state index < -0.39 is 16.4 Å². The van der Waals surface area contributed by atoms with Crippen molar-refractivity contribution in [2.45, 2.75) is 6.54 Å². The van der Waals surface area contributed by atoms with Crippen molar-refractivity contribution in [3.8, 4) is 5.75 Å². The van der Waals surface area contributed by atoms with Gasteiger partial charge in [0, 0.05) is 50.4 Å². The molecule has 0 atom stereocenters. The van der Waals surface area contributed by atoms with E-state index in [9.17, 15) is 19.6 Å². The monoisotopic (exact) mass is 255 g/mol. The Kier molecular flexibility index (Phi) is 3.73. The number of phenolic OH excluding ortho intramolecular Hbond substituents is 1. The molecule has 0 aliphatic carbocycles. The van der Waals surface area contributed by atoms with Gasteiger partial charge in [0.05, 0.1) is 4.92 Å². The Bertz CT molecular complexity index is 461. The van der Waals surface area contributed by atoms with Crippen molar-refractivity contribution in [3.05, 3.63) is 33.6 Å². The van der Waals surface area contributed by atoms with Crippen LogP contribution in [0.15, 0.2) is 12.1 Å². The number of nitrogens with one attached hydrogen (secondary N) is 1. The van der Waals surface area contributed by atoms with Gasteiger partial charge in [0.15, 0.2) is 0 Å². The predicted octanol–water partition coefficient (Wildman–Crippen LogP) is 0.845. The molecule has 6 nitrogen and oxygen atoms in total. The van der Waals surface area contributed by atoms with Gasteiger partial charge >= 0.3 is 5.69 Å². The van der Waals surface area contributed by atoms with Crippen LogP contribution in [0.5, 0.6) is 5.75 Å². The third kappa shape index (κ3) is 2.74. The molecule has 1 saturated heterocycles. The van der Waals surface area contributed by atoms with Gasteiger partial charge in [-0.1, -0.05) is 0 Å². The first-order valence-electron chi connectivity index (χ1n) is 5.67. The quantitative estimate of drug-likeness (QED) is 0.618. The molecule has 0 unspecified atom stereocenters. The summed E-state index contributed by atoms with van der Waals surface area (Å²) >= 11 is 0. The second kappa shape index (κ2) is 5.28. The highest BCUT2D eigenvalue weighted by Gasteiger charge is 2.20. The van der Waals surface area contributed by atoms with Crippen molar-refractivity contribution in [3.63, 3.8) is 0 Å². The van der Waals surface area contributed by atoms with Gasteiger partial charge in [-0.2, -0.15) is 4.39 Å². The van der Waals surface area contributed by atoms with Crippen LogP contribution in [0.2, 0.25) is 0 Å². The normalized spacial score (nSPS) is 16.7. The predicted molar refractivity (Wildman–Crippen MR) is 62.9 cm³/mol. The van der Waals surface area contributed by atoms with Crippen LogP contribution in [0.3, 0.4) is 0 Å². The third-order valence-corrected chi connectivity index (χ3v) is 2.95. The number of piperazine rings is 1. The number of nitro benzene ring substituents is 1. The molecule has 0 saturated carbocycles.